The second-order valence-electron chi connectivity index (χ2n) is 7.42. The third kappa shape index (κ3) is 3.75. The van der Waals surface area contributed by atoms with E-state index in [4.69, 9.17) is 14.7 Å². The Morgan fingerprint density at radius 2 is 2.14 bits per heavy atom. The number of hydrogen-bond acceptors (Lipinski definition) is 7. The molecule has 150 valence electrons. The predicted octanol–water partition coefficient (Wildman–Crippen LogP) is 2.64. The highest BCUT2D eigenvalue weighted by Crippen LogP contribution is 2.29. The topological polar surface area (TPSA) is 82.7 Å². The van der Waals surface area contributed by atoms with Gasteiger partial charge in [-0.15, -0.1) is 0 Å². The zero-order chi connectivity index (χ0) is 19.8. The first kappa shape index (κ1) is 18.3. The SMILES string of the molecule is Cc1cc(Cc2nc(OC3CCNCC3)c3c(ccn3-c3cnn(C)c3)n2)sn1. The fraction of sp³-hybridized carbons (Fsp3) is 0.400. The lowest BCUT2D eigenvalue weighted by Crippen LogP contribution is -2.34. The Balaban J connectivity index is 1.58. The van der Waals surface area contributed by atoms with E-state index in [-0.39, 0.29) is 6.10 Å². The fourth-order valence-corrected chi connectivity index (χ4v) is 4.43. The molecule has 0 bridgehead atoms. The molecule has 1 fully saturated rings. The van der Waals surface area contributed by atoms with E-state index in [1.807, 2.05) is 38.6 Å². The summed E-state index contributed by atoms with van der Waals surface area (Å²) in [7, 11) is 1.91. The summed E-state index contributed by atoms with van der Waals surface area (Å²) in [6, 6.07) is 4.10. The molecule has 5 heterocycles. The normalized spacial score (nSPS) is 15.2. The van der Waals surface area contributed by atoms with Crippen LogP contribution in [-0.2, 0) is 13.5 Å². The van der Waals surface area contributed by atoms with Gasteiger partial charge < -0.3 is 14.6 Å². The van der Waals surface area contributed by atoms with Crippen LogP contribution in [0.4, 0.5) is 0 Å². The van der Waals surface area contributed by atoms with Crippen molar-refractivity contribution in [2.45, 2.75) is 32.3 Å². The van der Waals surface area contributed by atoms with Crippen molar-refractivity contribution in [3.63, 3.8) is 0 Å². The second-order valence-corrected chi connectivity index (χ2v) is 8.30. The average Bonchev–Trinajstić information content (AvgIpc) is 3.43. The van der Waals surface area contributed by atoms with E-state index >= 15 is 0 Å². The molecule has 1 aliphatic heterocycles. The monoisotopic (exact) mass is 409 g/mol. The third-order valence-corrected chi connectivity index (χ3v) is 5.97. The number of rotatable bonds is 5. The summed E-state index contributed by atoms with van der Waals surface area (Å²) < 4.78 is 14.6. The number of ether oxygens (including phenoxy) is 1. The van der Waals surface area contributed by atoms with Crippen molar-refractivity contribution in [1.29, 1.82) is 0 Å². The van der Waals surface area contributed by atoms with E-state index in [1.165, 1.54) is 11.5 Å². The van der Waals surface area contributed by atoms with Crippen LogP contribution in [-0.4, -0.2) is 47.9 Å². The lowest BCUT2D eigenvalue weighted by Gasteiger charge is -2.24. The van der Waals surface area contributed by atoms with Crippen LogP contribution in [0.1, 0.15) is 29.2 Å². The summed E-state index contributed by atoms with van der Waals surface area (Å²) in [5, 5.41) is 7.69. The van der Waals surface area contributed by atoms with E-state index in [2.05, 4.69) is 25.4 Å². The molecule has 1 N–H and O–H groups in total. The minimum Gasteiger partial charge on any atom is -0.473 e. The van der Waals surface area contributed by atoms with Crippen molar-refractivity contribution in [2.75, 3.05) is 13.1 Å². The third-order valence-electron chi connectivity index (χ3n) is 5.09. The van der Waals surface area contributed by atoms with Gasteiger partial charge >= 0.3 is 0 Å². The largest absolute Gasteiger partial charge is 0.473 e. The van der Waals surface area contributed by atoms with Gasteiger partial charge in [-0.25, -0.2) is 4.98 Å². The highest BCUT2D eigenvalue weighted by molar-refractivity contribution is 7.05. The zero-order valence-electron chi connectivity index (χ0n) is 16.5. The van der Waals surface area contributed by atoms with Crippen molar-refractivity contribution in [1.82, 2.24) is 34.0 Å². The van der Waals surface area contributed by atoms with E-state index < -0.39 is 0 Å². The molecule has 4 aromatic rings. The van der Waals surface area contributed by atoms with E-state index in [9.17, 15) is 0 Å². The number of aryl methyl sites for hydroxylation is 2. The van der Waals surface area contributed by atoms with Gasteiger partial charge in [-0.05, 0) is 56.5 Å². The lowest BCUT2D eigenvalue weighted by molar-refractivity contribution is 0.157. The van der Waals surface area contributed by atoms with Gasteiger partial charge in [0.2, 0.25) is 5.88 Å². The lowest BCUT2D eigenvalue weighted by atomic mass is 10.1. The number of hydrogen-bond donors (Lipinski definition) is 1. The van der Waals surface area contributed by atoms with Crippen LogP contribution in [0.3, 0.4) is 0 Å². The van der Waals surface area contributed by atoms with E-state index in [0.29, 0.717) is 12.3 Å². The Kier molecular flexibility index (Phi) is 4.76. The van der Waals surface area contributed by atoms with Gasteiger partial charge in [0.1, 0.15) is 17.4 Å². The molecule has 0 amide bonds. The van der Waals surface area contributed by atoms with E-state index in [0.717, 1.165) is 59.0 Å². The molecular weight excluding hydrogens is 386 g/mol. The summed E-state index contributed by atoms with van der Waals surface area (Å²) in [4.78, 5) is 10.8. The molecule has 1 aliphatic rings. The molecule has 0 unspecified atom stereocenters. The summed E-state index contributed by atoms with van der Waals surface area (Å²) >= 11 is 1.50. The molecule has 0 radical (unpaired) electrons. The highest BCUT2D eigenvalue weighted by atomic mass is 32.1. The fourth-order valence-electron chi connectivity index (χ4n) is 3.69. The Morgan fingerprint density at radius 1 is 1.28 bits per heavy atom. The van der Waals surface area contributed by atoms with Crippen LogP contribution in [0.25, 0.3) is 16.7 Å². The molecular formula is C20H23N7OS. The van der Waals surface area contributed by atoms with Crippen molar-refractivity contribution < 1.29 is 4.74 Å². The van der Waals surface area contributed by atoms with Crippen molar-refractivity contribution in [3.8, 4) is 11.6 Å². The molecule has 0 saturated carbocycles. The van der Waals surface area contributed by atoms with Gasteiger partial charge in [-0.2, -0.15) is 14.5 Å². The van der Waals surface area contributed by atoms with Crippen LogP contribution in [0.5, 0.6) is 5.88 Å². The highest BCUT2D eigenvalue weighted by Gasteiger charge is 2.21. The quantitative estimate of drug-likeness (QED) is 0.546. The zero-order valence-corrected chi connectivity index (χ0v) is 17.3. The smallest absolute Gasteiger partial charge is 0.242 e. The maximum Gasteiger partial charge on any atom is 0.242 e. The molecule has 4 aromatic heterocycles. The maximum atomic E-state index is 6.43. The van der Waals surface area contributed by atoms with Crippen LogP contribution in [0, 0.1) is 6.92 Å². The minimum absolute atomic E-state index is 0.157. The maximum absolute atomic E-state index is 6.43. The Morgan fingerprint density at radius 3 is 2.86 bits per heavy atom. The molecule has 0 spiro atoms. The summed E-state index contributed by atoms with van der Waals surface area (Å²) in [6.07, 6.45) is 8.58. The first-order valence-corrected chi connectivity index (χ1v) is 10.6. The standard InChI is InChI=1S/C20H23N7OS/c1-13-9-16(29-25-13)10-18-23-17-5-8-27(14-11-22-26(2)12-14)19(17)20(24-18)28-15-3-6-21-7-4-15/h5,8-9,11-12,15,21H,3-4,6-7,10H2,1-2H3. The molecule has 0 atom stereocenters. The van der Waals surface area contributed by atoms with Gasteiger partial charge in [0.25, 0.3) is 0 Å². The average molecular weight is 410 g/mol. The van der Waals surface area contributed by atoms with Gasteiger partial charge in [-0.1, -0.05) is 0 Å². The Hall–Kier alpha value is -2.78. The summed E-state index contributed by atoms with van der Waals surface area (Å²) in [5.41, 5.74) is 3.76. The van der Waals surface area contributed by atoms with Crippen molar-refractivity contribution in [3.05, 3.63) is 47.1 Å². The predicted molar refractivity (Wildman–Crippen MR) is 112 cm³/mol. The number of nitrogens with one attached hydrogen (secondary N) is 1. The first-order chi connectivity index (χ1) is 14.2. The minimum atomic E-state index is 0.157. The van der Waals surface area contributed by atoms with Crippen molar-refractivity contribution >= 4 is 22.6 Å². The van der Waals surface area contributed by atoms with Gasteiger partial charge in [0, 0.05) is 30.7 Å². The number of fused-ring (bicyclic) bond motifs is 1. The van der Waals surface area contributed by atoms with Crippen LogP contribution in [0.15, 0.2) is 30.7 Å². The first-order valence-electron chi connectivity index (χ1n) is 9.82. The van der Waals surface area contributed by atoms with E-state index in [1.54, 1.807) is 4.68 Å². The molecule has 8 nitrogen and oxygen atoms in total. The Labute approximate surface area is 172 Å². The van der Waals surface area contributed by atoms with Crippen molar-refractivity contribution in [2.24, 2.45) is 7.05 Å². The van der Waals surface area contributed by atoms with Gasteiger partial charge in [0.05, 0.1) is 23.1 Å². The van der Waals surface area contributed by atoms with Gasteiger partial charge in [-0.3, -0.25) is 4.68 Å². The molecule has 0 aliphatic carbocycles. The van der Waals surface area contributed by atoms with Crippen LogP contribution in [0.2, 0.25) is 0 Å². The van der Waals surface area contributed by atoms with Gasteiger partial charge in [0.15, 0.2) is 0 Å². The summed E-state index contributed by atoms with van der Waals surface area (Å²) in [5.74, 6) is 1.40. The number of piperidine rings is 1. The second kappa shape index (κ2) is 7.57. The molecule has 29 heavy (non-hydrogen) atoms. The summed E-state index contributed by atoms with van der Waals surface area (Å²) in [6.45, 7) is 3.94. The number of aromatic nitrogens is 6. The van der Waals surface area contributed by atoms with Crippen LogP contribution < -0.4 is 10.1 Å². The number of nitrogens with zero attached hydrogens (tertiary/aromatic N) is 6. The molecule has 9 heteroatoms. The Bertz CT molecular complexity index is 1140. The molecule has 1 saturated heterocycles. The molecule has 0 aromatic carbocycles. The van der Waals surface area contributed by atoms with Crippen LogP contribution >= 0.6 is 11.5 Å². The molecule has 5 rings (SSSR count).